The third kappa shape index (κ3) is 3.02. The molecule has 0 aliphatic heterocycles. The van der Waals surface area contributed by atoms with E-state index in [1.165, 1.54) is 4.68 Å². The summed E-state index contributed by atoms with van der Waals surface area (Å²) in [7, 11) is 1.49. The lowest BCUT2D eigenvalue weighted by molar-refractivity contribution is 0.586. The predicted octanol–water partition coefficient (Wildman–Crippen LogP) is 0.751. The first-order valence-electron chi connectivity index (χ1n) is 4.46. The number of rotatable bonds is 4. The minimum Gasteiger partial charge on any atom is -0.255 e. The number of aromatic nitrogens is 2. The summed E-state index contributed by atoms with van der Waals surface area (Å²) in [5.74, 6) is 0.152. The van der Waals surface area contributed by atoms with Crippen LogP contribution in [0.5, 0.6) is 0 Å². The monoisotopic (exact) mass is 268 g/mol. The van der Waals surface area contributed by atoms with E-state index in [0.717, 1.165) is 29.2 Å². The molecule has 1 saturated carbocycles. The second-order valence-electron chi connectivity index (χ2n) is 3.45. The van der Waals surface area contributed by atoms with Crippen LogP contribution in [0.2, 0.25) is 0 Å². The van der Waals surface area contributed by atoms with Crippen LogP contribution in [0.3, 0.4) is 0 Å². The summed E-state index contributed by atoms with van der Waals surface area (Å²) in [6.45, 7) is 0.0356. The second-order valence-corrected chi connectivity index (χ2v) is 7.31. The normalized spacial score (nSPS) is 16.9. The predicted molar refractivity (Wildman–Crippen MR) is 58.0 cm³/mol. The smallest absolute Gasteiger partial charge is 0.255 e. The minimum atomic E-state index is -3.56. The van der Waals surface area contributed by atoms with Crippen molar-refractivity contribution in [2.75, 3.05) is 5.75 Å². The third-order valence-corrected chi connectivity index (χ3v) is 4.24. The fourth-order valence-corrected chi connectivity index (χ4v) is 2.71. The topological polar surface area (TPSA) is 69.0 Å². The van der Waals surface area contributed by atoms with Gasteiger partial charge in [0, 0.05) is 16.6 Å². The Morgan fingerprint density at radius 2 is 2.20 bits per heavy atom. The van der Waals surface area contributed by atoms with Crippen LogP contribution < -0.4 is 4.87 Å². The molecular formula is C7H9ClN2O3S2. The number of aryl methyl sites for hydroxylation is 1. The molecule has 1 fully saturated rings. The first-order valence-corrected chi connectivity index (χ1v) is 7.75. The van der Waals surface area contributed by atoms with E-state index in [-0.39, 0.29) is 17.2 Å². The molecule has 1 heterocycles. The summed E-state index contributed by atoms with van der Waals surface area (Å²) in [5, 5.41) is 4.89. The van der Waals surface area contributed by atoms with Crippen LogP contribution in [-0.2, 0) is 15.6 Å². The van der Waals surface area contributed by atoms with Crippen LogP contribution >= 0.6 is 22.0 Å². The SMILES string of the molecule is O=c1sc(C2CC2)nn1CCS(=O)(=O)Cl. The van der Waals surface area contributed by atoms with Crippen LogP contribution in [0, 0.1) is 0 Å². The molecule has 15 heavy (non-hydrogen) atoms. The van der Waals surface area contributed by atoms with Crippen molar-refractivity contribution in [2.24, 2.45) is 0 Å². The minimum absolute atomic E-state index is 0.0356. The molecule has 1 aromatic rings. The Labute approximate surface area is 95.1 Å². The fraction of sp³-hybridized carbons (Fsp3) is 0.714. The van der Waals surface area contributed by atoms with Crippen molar-refractivity contribution < 1.29 is 8.42 Å². The molecule has 0 bridgehead atoms. The maximum atomic E-state index is 11.4. The van der Waals surface area contributed by atoms with Crippen molar-refractivity contribution in [1.29, 1.82) is 0 Å². The van der Waals surface area contributed by atoms with Gasteiger partial charge in [0.15, 0.2) is 0 Å². The van der Waals surface area contributed by atoms with Gasteiger partial charge in [-0.2, -0.15) is 5.10 Å². The molecule has 1 aliphatic rings. The van der Waals surface area contributed by atoms with Crippen molar-refractivity contribution in [3.63, 3.8) is 0 Å². The molecule has 5 nitrogen and oxygen atoms in total. The van der Waals surface area contributed by atoms with Crippen LogP contribution in [0.1, 0.15) is 23.8 Å². The summed E-state index contributed by atoms with van der Waals surface area (Å²) < 4.78 is 22.6. The summed E-state index contributed by atoms with van der Waals surface area (Å²) >= 11 is 1.09. The van der Waals surface area contributed by atoms with E-state index >= 15 is 0 Å². The Kier molecular flexibility index (Phi) is 2.87. The number of nitrogens with zero attached hydrogens (tertiary/aromatic N) is 2. The fourth-order valence-electron chi connectivity index (χ4n) is 1.15. The first-order chi connectivity index (χ1) is 6.96. The maximum Gasteiger partial charge on any atom is 0.325 e. The molecule has 2 rings (SSSR count). The number of halogens is 1. The number of hydrogen-bond acceptors (Lipinski definition) is 5. The van der Waals surface area contributed by atoms with E-state index in [1.807, 2.05) is 0 Å². The van der Waals surface area contributed by atoms with Crippen LogP contribution in [0.4, 0.5) is 0 Å². The van der Waals surface area contributed by atoms with Gasteiger partial charge in [0.1, 0.15) is 5.01 Å². The highest BCUT2D eigenvalue weighted by atomic mass is 35.7. The molecule has 0 N–H and O–H groups in total. The molecule has 0 aromatic carbocycles. The van der Waals surface area contributed by atoms with Crippen molar-refractivity contribution in [2.45, 2.75) is 25.3 Å². The van der Waals surface area contributed by atoms with Gasteiger partial charge in [-0.3, -0.25) is 4.79 Å². The highest BCUT2D eigenvalue weighted by Gasteiger charge is 2.28. The standard InChI is InChI=1S/C7H9ClN2O3S2/c8-15(12,13)4-3-10-7(11)14-6(9-10)5-1-2-5/h5H,1-4H2. The van der Waals surface area contributed by atoms with E-state index in [1.54, 1.807) is 0 Å². The Bertz CT molecular complexity index is 515. The Balaban J connectivity index is 2.11. The van der Waals surface area contributed by atoms with Gasteiger partial charge >= 0.3 is 4.87 Å². The average molecular weight is 269 g/mol. The molecule has 8 heteroatoms. The molecule has 0 unspecified atom stereocenters. The molecule has 84 valence electrons. The highest BCUT2D eigenvalue weighted by Crippen LogP contribution is 2.39. The van der Waals surface area contributed by atoms with Gasteiger partial charge in [0.2, 0.25) is 9.05 Å². The zero-order chi connectivity index (χ0) is 11.1. The maximum absolute atomic E-state index is 11.4. The molecule has 1 aliphatic carbocycles. The van der Waals surface area contributed by atoms with Crippen LogP contribution in [-0.4, -0.2) is 24.0 Å². The Morgan fingerprint density at radius 1 is 1.53 bits per heavy atom. The van der Waals surface area contributed by atoms with E-state index in [4.69, 9.17) is 10.7 Å². The van der Waals surface area contributed by atoms with Gasteiger partial charge in [0.25, 0.3) is 0 Å². The molecular weight excluding hydrogens is 260 g/mol. The summed E-state index contributed by atoms with van der Waals surface area (Å²) in [6.07, 6.45) is 2.14. The van der Waals surface area contributed by atoms with E-state index in [0.29, 0.717) is 5.92 Å². The lowest BCUT2D eigenvalue weighted by atomic mass is 10.5. The van der Waals surface area contributed by atoms with Gasteiger partial charge in [-0.1, -0.05) is 11.3 Å². The lowest BCUT2D eigenvalue weighted by Crippen LogP contribution is -2.19. The summed E-state index contributed by atoms with van der Waals surface area (Å²) in [4.78, 5) is 11.2. The molecule has 0 spiro atoms. The van der Waals surface area contributed by atoms with Gasteiger partial charge in [-0.15, -0.1) is 0 Å². The number of hydrogen-bond donors (Lipinski definition) is 0. The van der Waals surface area contributed by atoms with Gasteiger partial charge < -0.3 is 0 Å². The van der Waals surface area contributed by atoms with Crippen molar-refractivity contribution in [3.05, 3.63) is 14.7 Å². The quantitative estimate of drug-likeness (QED) is 0.756. The van der Waals surface area contributed by atoms with E-state index in [9.17, 15) is 13.2 Å². The van der Waals surface area contributed by atoms with Gasteiger partial charge in [-0.25, -0.2) is 13.1 Å². The third-order valence-electron chi connectivity index (χ3n) is 2.10. The second kappa shape index (κ2) is 3.88. The van der Waals surface area contributed by atoms with Crippen LogP contribution in [0.25, 0.3) is 0 Å². The van der Waals surface area contributed by atoms with Gasteiger partial charge in [-0.05, 0) is 12.8 Å². The van der Waals surface area contributed by atoms with Crippen molar-refractivity contribution in [3.8, 4) is 0 Å². The molecule has 0 amide bonds. The van der Waals surface area contributed by atoms with Crippen molar-refractivity contribution in [1.82, 2.24) is 9.78 Å². The largest absolute Gasteiger partial charge is 0.325 e. The lowest BCUT2D eigenvalue weighted by Gasteiger charge is -1.95. The Morgan fingerprint density at radius 3 is 2.73 bits per heavy atom. The summed E-state index contributed by atoms with van der Waals surface area (Å²) in [6, 6.07) is 0. The van der Waals surface area contributed by atoms with Gasteiger partial charge in [0.05, 0.1) is 12.3 Å². The zero-order valence-electron chi connectivity index (χ0n) is 7.72. The van der Waals surface area contributed by atoms with E-state index < -0.39 is 9.05 Å². The molecule has 0 saturated heterocycles. The molecule has 1 aromatic heterocycles. The first kappa shape index (κ1) is 11.1. The Hall–Kier alpha value is -0.400. The summed E-state index contributed by atoms with van der Waals surface area (Å²) in [5.41, 5.74) is 0. The average Bonchev–Trinajstić information content (AvgIpc) is 2.87. The molecule has 0 radical (unpaired) electrons. The zero-order valence-corrected chi connectivity index (χ0v) is 10.1. The van der Waals surface area contributed by atoms with Crippen molar-refractivity contribution >= 4 is 31.1 Å². The highest BCUT2D eigenvalue weighted by molar-refractivity contribution is 8.13. The van der Waals surface area contributed by atoms with Crippen LogP contribution in [0.15, 0.2) is 4.79 Å². The van der Waals surface area contributed by atoms with E-state index in [2.05, 4.69) is 5.10 Å². The molecule has 0 atom stereocenters.